The van der Waals surface area contributed by atoms with E-state index in [1.807, 2.05) is 6.92 Å². The van der Waals surface area contributed by atoms with Crippen LogP contribution in [0, 0.1) is 11.8 Å². The highest BCUT2D eigenvalue weighted by Crippen LogP contribution is 2.22. The molecule has 6 nitrogen and oxygen atoms in total. The number of amides is 1. The molecule has 0 bridgehead atoms. The molecular formula is C13H22N2O4. The average molecular weight is 270 g/mol. The van der Waals surface area contributed by atoms with Gasteiger partial charge in [0.2, 0.25) is 5.91 Å². The number of carboxylic acid groups (broad SMARTS) is 1. The molecule has 2 rings (SSSR count). The summed E-state index contributed by atoms with van der Waals surface area (Å²) in [5.74, 6) is -1.36. The van der Waals surface area contributed by atoms with Crippen molar-refractivity contribution in [2.75, 3.05) is 32.8 Å². The Bertz CT molecular complexity index is 348. The van der Waals surface area contributed by atoms with Crippen molar-refractivity contribution in [1.82, 2.24) is 10.2 Å². The van der Waals surface area contributed by atoms with Crippen molar-refractivity contribution in [3.63, 3.8) is 0 Å². The average Bonchev–Trinajstić information content (AvgIpc) is 2.86. The number of hydrogen-bond donors (Lipinski definition) is 2. The summed E-state index contributed by atoms with van der Waals surface area (Å²) in [4.78, 5) is 25.2. The maximum absolute atomic E-state index is 12.5. The van der Waals surface area contributed by atoms with Crippen molar-refractivity contribution in [2.24, 2.45) is 11.8 Å². The van der Waals surface area contributed by atoms with Gasteiger partial charge in [-0.05, 0) is 19.4 Å². The number of nitrogens with one attached hydrogen (secondary N) is 1. The molecule has 0 aromatic heterocycles. The lowest BCUT2D eigenvalue weighted by atomic mass is 9.95. The Balaban J connectivity index is 1.96. The third kappa shape index (κ3) is 3.25. The van der Waals surface area contributed by atoms with Crippen molar-refractivity contribution in [2.45, 2.75) is 25.8 Å². The van der Waals surface area contributed by atoms with E-state index in [9.17, 15) is 9.59 Å². The van der Waals surface area contributed by atoms with Gasteiger partial charge in [0.25, 0.3) is 0 Å². The topological polar surface area (TPSA) is 78.9 Å². The van der Waals surface area contributed by atoms with Crippen molar-refractivity contribution in [3.8, 4) is 0 Å². The molecule has 0 aromatic carbocycles. The van der Waals surface area contributed by atoms with Gasteiger partial charge in [-0.2, -0.15) is 0 Å². The zero-order chi connectivity index (χ0) is 13.8. The number of nitrogens with zero attached hydrogens (tertiary/aromatic N) is 1. The number of carbonyl (C=O) groups excluding carboxylic acids is 1. The summed E-state index contributed by atoms with van der Waals surface area (Å²) in [5.41, 5.74) is 0. The molecular weight excluding hydrogens is 248 g/mol. The number of likely N-dealkylation sites (tertiary alicyclic amines) is 1. The van der Waals surface area contributed by atoms with Crippen LogP contribution in [-0.4, -0.2) is 60.8 Å². The van der Waals surface area contributed by atoms with E-state index in [1.165, 1.54) is 0 Å². The highest BCUT2D eigenvalue weighted by atomic mass is 16.5. The van der Waals surface area contributed by atoms with Crippen LogP contribution in [0.2, 0.25) is 0 Å². The SMILES string of the molecule is CCNC1COCC1C(=O)N1CCC[C@H](C(=O)O)C1. The summed E-state index contributed by atoms with van der Waals surface area (Å²) < 4.78 is 5.38. The summed E-state index contributed by atoms with van der Waals surface area (Å²) in [7, 11) is 0. The van der Waals surface area contributed by atoms with Gasteiger partial charge in [-0.1, -0.05) is 6.92 Å². The lowest BCUT2D eigenvalue weighted by Gasteiger charge is -2.33. The number of piperidine rings is 1. The number of hydrogen-bond acceptors (Lipinski definition) is 4. The normalized spacial score (nSPS) is 31.4. The van der Waals surface area contributed by atoms with E-state index in [-0.39, 0.29) is 17.9 Å². The highest BCUT2D eigenvalue weighted by Gasteiger charge is 2.38. The van der Waals surface area contributed by atoms with E-state index in [1.54, 1.807) is 4.90 Å². The molecule has 3 atom stereocenters. The first-order valence-electron chi connectivity index (χ1n) is 6.96. The molecule has 108 valence electrons. The number of rotatable bonds is 4. The minimum Gasteiger partial charge on any atom is -0.481 e. The van der Waals surface area contributed by atoms with Crippen molar-refractivity contribution < 1.29 is 19.4 Å². The Morgan fingerprint density at radius 2 is 2.21 bits per heavy atom. The van der Waals surface area contributed by atoms with E-state index in [4.69, 9.17) is 9.84 Å². The maximum atomic E-state index is 12.5. The van der Waals surface area contributed by atoms with E-state index >= 15 is 0 Å². The van der Waals surface area contributed by atoms with Crippen LogP contribution in [0.4, 0.5) is 0 Å². The second-order valence-electron chi connectivity index (χ2n) is 5.27. The molecule has 6 heteroatoms. The summed E-state index contributed by atoms with van der Waals surface area (Å²) in [6, 6.07) is 0.0581. The summed E-state index contributed by atoms with van der Waals surface area (Å²) in [5, 5.41) is 12.3. The molecule has 0 aromatic rings. The lowest BCUT2D eigenvalue weighted by Crippen LogP contribution is -2.49. The van der Waals surface area contributed by atoms with Crippen LogP contribution in [0.15, 0.2) is 0 Å². The third-order valence-corrected chi connectivity index (χ3v) is 3.95. The quantitative estimate of drug-likeness (QED) is 0.748. The third-order valence-electron chi connectivity index (χ3n) is 3.95. The van der Waals surface area contributed by atoms with Crippen molar-refractivity contribution in [3.05, 3.63) is 0 Å². The summed E-state index contributed by atoms with van der Waals surface area (Å²) >= 11 is 0. The van der Waals surface area contributed by atoms with Crippen molar-refractivity contribution >= 4 is 11.9 Å². The number of ether oxygens (including phenoxy) is 1. The van der Waals surface area contributed by atoms with Crippen LogP contribution in [0.25, 0.3) is 0 Å². The fourth-order valence-corrected chi connectivity index (χ4v) is 2.87. The van der Waals surface area contributed by atoms with Gasteiger partial charge in [0.05, 0.1) is 25.0 Å². The minimum atomic E-state index is -0.802. The zero-order valence-corrected chi connectivity index (χ0v) is 11.3. The largest absolute Gasteiger partial charge is 0.481 e. The van der Waals surface area contributed by atoms with Crippen LogP contribution in [0.1, 0.15) is 19.8 Å². The summed E-state index contributed by atoms with van der Waals surface area (Å²) in [6.45, 7) is 4.80. The smallest absolute Gasteiger partial charge is 0.308 e. The van der Waals surface area contributed by atoms with Crippen LogP contribution in [0.5, 0.6) is 0 Å². The Morgan fingerprint density at radius 3 is 2.89 bits per heavy atom. The molecule has 2 N–H and O–H groups in total. The van der Waals surface area contributed by atoms with Crippen molar-refractivity contribution in [1.29, 1.82) is 0 Å². The van der Waals surface area contributed by atoms with Crippen LogP contribution >= 0.6 is 0 Å². The molecule has 2 aliphatic rings. The summed E-state index contributed by atoms with van der Waals surface area (Å²) in [6.07, 6.45) is 1.43. The number of carboxylic acids is 1. The molecule has 2 fully saturated rings. The molecule has 19 heavy (non-hydrogen) atoms. The monoisotopic (exact) mass is 270 g/mol. The predicted molar refractivity (Wildman–Crippen MR) is 68.7 cm³/mol. The molecule has 0 radical (unpaired) electrons. The van der Waals surface area contributed by atoms with Gasteiger partial charge in [0.15, 0.2) is 0 Å². The molecule has 0 spiro atoms. The van der Waals surface area contributed by atoms with E-state index < -0.39 is 11.9 Å². The van der Waals surface area contributed by atoms with Gasteiger partial charge in [0.1, 0.15) is 0 Å². The standard InChI is InChI=1S/C13H22N2O4/c1-2-14-11-8-19-7-10(11)12(16)15-5-3-4-9(6-15)13(17)18/h9-11,14H,2-8H2,1H3,(H,17,18)/t9-,10?,11?/m0/s1. The molecule has 1 amide bonds. The predicted octanol–water partition coefficient (Wildman–Crippen LogP) is -0.0659. The van der Waals surface area contributed by atoms with Crippen LogP contribution in [0.3, 0.4) is 0 Å². The Kier molecular flexibility index (Phi) is 4.76. The second-order valence-corrected chi connectivity index (χ2v) is 5.27. The van der Waals surface area contributed by atoms with Gasteiger partial charge in [-0.3, -0.25) is 9.59 Å². The molecule has 2 aliphatic heterocycles. The first kappa shape index (κ1) is 14.3. The van der Waals surface area contributed by atoms with Gasteiger partial charge in [-0.15, -0.1) is 0 Å². The van der Waals surface area contributed by atoms with E-state index in [2.05, 4.69) is 5.32 Å². The van der Waals surface area contributed by atoms with E-state index in [0.717, 1.165) is 13.0 Å². The fraction of sp³-hybridized carbons (Fsp3) is 0.846. The van der Waals surface area contributed by atoms with Crippen LogP contribution in [-0.2, 0) is 14.3 Å². The van der Waals surface area contributed by atoms with E-state index in [0.29, 0.717) is 32.7 Å². The Labute approximate surface area is 113 Å². The van der Waals surface area contributed by atoms with Crippen LogP contribution < -0.4 is 5.32 Å². The first-order valence-corrected chi connectivity index (χ1v) is 6.96. The zero-order valence-electron chi connectivity index (χ0n) is 11.3. The minimum absolute atomic E-state index is 0.0365. The first-order chi connectivity index (χ1) is 9.13. The Morgan fingerprint density at radius 1 is 1.42 bits per heavy atom. The molecule has 2 unspecified atom stereocenters. The molecule has 2 saturated heterocycles. The Hall–Kier alpha value is -1.14. The van der Waals surface area contributed by atoms with Gasteiger partial charge < -0.3 is 20.1 Å². The number of aliphatic carboxylic acids is 1. The second kappa shape index (κ2) is 6.34. The highest BCUT2D eigenvalue weighted by molar-refractivity contribution is 5.81. The van der Waals surface area contributed by atoms with Gasteiger partial charge >= 0.3 is 5.97 Å². The van der Waals surface area contributed by atoms with Gasteiger partial charge in [0, 0.05) is 19.1 Å². The molecule has 0 saturated carbocycles. The fourth-order valence-electron chi connectivity index (χ4n) is 2.87. The molecule has 2 heterocycles. The maximum Gasteiger partial charge on any atom is 0.308 e. The number of likely N-dealkylation sites (N-methyl/N-ethyl adjacent to an activating group) is 1. The molecule has 0 aliphatic carbocycles. The number of carbonyl (C=O) groups is 2. The van der Waals surface area contributed by atoms with Gasteiger partial charge in [-0.25, -0.2) is 0 Å². The lowest BCUT2D eigenvalue weighted by molar-refractivity contribution is -0.146.